The van der Waals surface area contributed by atoms with E-state index in [1.54, 1.807) is 17.3 Å². The first kappa shape index (κ1) is 18.9. The van der Waals surface area contributed by atoms with Gasteiger partial charge in [0.15, 0.2) is 0 Å². The van der Waals surface area contributed by atoms with Crippen LogP contribution in [0.25, 0.3) is 11.4 Å². The minimum Gasteiger partial charge on any atom is -0.352 e. The highest BCUT2D eigenvalue weighted by Crippen LogP contribution is 2.28. The SMILES string of the molecule is Cn1cccc1-c1cc2n(n1)CCC(=O)N2CCCC(=O)NCc1cccnc1. The summed E-state index contributed by atoms with van der Waals surface area (Å²) in [5, 5.41) is 7.55. The second kappa shape index (κ2) is 8.30. The number of aryl methyl sites for hydroxylation is 2. The third kappa shape index (κ3) is 4.21. The van der Waals surface area contributed by atoms with Crippen molar-refractivity contribution < 1.29 is 9.59 Å². The minimum atomic E-state index is -0.0312. The Hall–Kier alpha value is -3.42. The molecule has 0 saturated heterocycles. The maximum Gasteiger partial charge on any atom is 0.229 e. The number of pyridine rings is 1. The average molecular weight is 392 g/mol. The van der Waals surface area contributed by atoms with Crippen LogP contribution in [0, 0.1) is 0 Å². The zero-order valence-electron chi connectivity index (χ0n) is 16.4. The Kier molecular flexibility index (Phi) is 5.41. The van der Waals surface area contributed by atoms with Crippen LogP contribution in [0.4, 0.5) is 5.82 Å². The summed E-state index contributed by atoms with van der Waals surface area (Å²) in [5.41, 5.74) is 2.82. The van der Waals surface area contributed by atoms with Gasteiger partial charge in [-0.3, -0.25) is 19.5 Å². The molecule has 0 spiro atoms. The van der Waals surface area contributed by atoms with Crippen molar-refractivity contribution in [1.82, 2.24) is 24.6 Å². The van der Waals surface area contributed by atoms with Crippen LogP contribution in [0.2, 0.25) is 0 Å². The molecule has 150 valence electrons. The summed E-state index contributed by atoms with van der Waals surface area (Å²) in [6, 6.07) is 9.70. The zero-order chi connectivity index (χ0) is 20.2. The van der Waals surface area contributed by atoms with E-state index in [9.17, 15) is 9.59 Å². The molecule has 0 radical (unpaired) electrons. The molecule has 0 bridgehead atoms. The van der Waals surface area contributed by atoms with Crippen molar-refractivity contribution in [2.45, 2.75) is 32.4 Å². The average Bonchev–Trinajstić information content (AvgIpc) is 3.34. The van der Waals surface area contributed by atoms with E-state index in [2.05, 4.69) is 15.4 Å². The van der Waals surface area contributed by atoms with Gasteiger partial charge in [0.1, 0.15) is 11.5 Å². The normalized spacial score (nSPS) is 13.4. The van der Waals surface area contributed by atoms with Crippen molar-refractivity contribution in [2.75, 3.05) is 11.4 Å². The molecule has 3 aromatic heterocycles. The van der Waals surface area contributed by atoms with Gasteiger partial charge in [-0.15, -0.1) is 0 Å². The van der Waals surface area contributed by atoms with Gasteiger partial charge in [-0.2, -0.15) is 5.10 Å². The molecule has 1 N–H and O–H groups in total. The Morgan fingerprint density at radius 3 is 2.93 bits per heavy atom. The number of carbonyl (C=O) groups is 2. The van der Waals surface area contributed by atoms with E-state index in [0.717, 1.165) is 22.8 Å². The van der Waals surface area contributed by atoms with E-state index in [1.807, 2.05) is 52.8 Å². The maximum atomic E-state index is 12.5. The summed E-state index contributed by atoms with van der Waals surface area (Å²) in [7, 11) is 1.97. The molecule has 4 rings (SSSR count). The van der Waals surface area contributed by atoms with Crippen LogP contribution in [-0.4, -0.2) is 37.7 Å². The highest BCUT2D eigenvalue weighted by atomic mass is 16.2. The number of aromatic nitrogens is 4. The van der Waals surface area contributed by atoms with Crippen LogP contribution in [0.15, 0.2) is 48.9 Å². The van der Waals surface area contributed by atoms with Crippen molar-refractivity contribution in [3.05, 3.63) is 54.5 Å². The lowest BCUT2D eigenvalue weighted by Gasteiger charge is -2.27. The number of rotatable bonds is 7. The molecule has 0 fully saturated rings. The van der Waals surface area contributed by atoms with Gasteiger partial charge in [-0.05, 0) is 30.2 Å². The van der Waals surface area contributed by atoms with Crippen molar-refractivity contribution in [2.24, 2.45) is 7.05 Å². The van der Waals surface area contributed by atoms with E-state index < -0.39 is 0 Å². The summed E-state index contributed by atoms with van der Waals surface area (Å²) in [5.74, 6) is 0.844. The molecule has 3 aromatic rings. The number of hydrogen-bond acceptors (Lipinski definition) is 4. The maximum absolute atomic E-state index is 12.5. The van der Waals surface area contributed by atoms with Gasteiger partial charge >= 0.3 is 0 Å². The third-order valence-electron chi connectivity index (χ3n) is 5.08. The fraction of sp³-hybridized carbons (Fsp3) is 0.333. The Balaban J connectivity index is 1.36. The van der Waals surface area contributed by atoms with Crippen molar-refractivity contribution in [3.63, 3.8) is 0 Å². The molecule has 0 aromatic carbocycles. The van der Waals surface area contributed by atoms with Gasteiger partial charge < -0.3 is 9.88 Å². The topological polar surface area (TPSA) is 85.0 Å². The third-order valence-corrected chi connectivity index (χ3v) is 5.08. The molecular formula is C21H24N6O2. The molecule has 0 saturated carbocycles. The lowest BCUT2D eigenvalue weighted by Crippen LogP contribution is -2.38. The molecule has 1 aliphatic heterocycles. The first-order chi connectivity index (χ1) is 14.1. The Morgan fingerprint density at radius 1 is 1.28 bits per heavy atom. The Bertz CT molecular complexity index is 1010. The largest absolute Gasteiger partial charge is 0.352 e. The first-order valence-electron chi connectivity index (χ1n) is 9.77. The summed E-state index contributed by atoms with van der Waals surface area (Å²) < 4.78 is 3.89. The molecule has 8 heteroatoms. The van der Waals surface area contributed by atoms with Gasteiger partial charge in [0.25, 0.3) is 0 Å². The fourth-order valence-corrected chi connectivity index (χ4v) is 3.53. The zero-order valence-corrected chi connectivity index (χ0v) is 16.4. The van der Waals surface area contributed by atoms with Crippen LogP contribution >= 0.6 is 0 Å². The summed E-state index contributed by atoms with van der Waals surface area (Å²) in [6.07, 6.45) is 6.79. The van der Waals surface area contributed by atoms with Crippen molar-refractivity contribution in [3.8, 4) is 11.4 Å². The van der Waals surface area contributed by atoms with E-state index in [0.29, 0.717) is 38.9 Å². The molecule has 29 heavy (non-hydrogen) atoms. The lowest BCUT2D eigenvalue weighted by molar-refractivity contribution is -0.122. The standard InChI is InChI=1S/C21H24N6O2/c1-25-10-3-6-18(25)17-13-20-26(21(29)8-12-27(20)24-17)11-4-7-19(28)23-15-16-5-2-9-22-14-16/h2-3,5-6,9-10,13-14H,4,7-8,11-12,15H2,1H3,(H,23,28). The number of fused-ring (bicyclic) bond motifs is 1. The highest BCUT2D eigenvalue weighted by molar-refractivity contribution is 5.94. The summed E-state index contributed by atoms with van der Waals surface area (Å²) in [6.45, 7) is 1.54. The smallest absolute Gasteiger partial charge is 0.229 e. The van der Waals surface area contributed by atoms with E-state index >= 15 is 0 Å². The van der Waals surface area contributed by atoms with Crippen LogP contribution < -0.4 is 10.2 Å². The molecule has 2 amide bonds. The van der Waals surface area contributed by atoms with E-state index in [1.165, 1.54) is 0 Å². The second-order valence-corrected chi connectivity index (χ2v) is 7.15. The number of hydrogen-bond donors (Lipinski definition) is 1. The molecule has 8 nitrogen and oxygen atoms in total. The lowest BCUT2D eigenvalue weighted by atomic mass is 10.2. The quantitative estimate of drug-likeness (QED) is 0.667. The number of carbonyl (C=O) groups excluding carboxylic acids is 2. The van der Waals surface area contributed by atoms with Crippen molar-refractivity contribution in [1.29, 1.82) is 0 Å². The van der Waals surface area contributed by atoms with Gasteiger partial charge in [0.2, 0.25) is 11.8 Å². The van der Waals surface area contributed by atoms with Crippen LogP contribution in [-0.2, 0) is 29.7 Å². The van der Waals surface area contributed by atoms with Gasteiger partial charge in [-0.1, -0.05) is 6.07 Å². The first-order valence-corrected chi connectivity index (χ1v) is 9.77. The summed E-state index contributed by atoms with van der Waals surface area (Å²) >= 11 is 0. The molecular weight excluding hydrogens is 368 g/mol. The van der Waals surface area contributed by atoms with Crippen LogP contribution in [0.3, 0.4) is 0 Å². The Morgan fingerprint density at radius 2 is 2.17 bits per heavy atom. The van der Waals surface area contributed by atoms with Crippen LogP contribution in [0.5, 0.6) is 0 Å². The highest BCUT2D eigenvalue weighted by Gasteiger charge is 2.26. The number of nitrogens with one attached hydrogen (secondary N) is 1. The van der Waals surface area contributed by atoms with E-state index in [4.69, 9.17) is 0 Å². The molecule has 1 aliphatic rings. The van der Waals surface area contributed by atoms with Gasteiger partial charge in [0, 0.05) is 57.6 Å². The minimum absolute atomic E-state index is 0.0312. The van der Waals surface area contributed by atoms with Gasteiger partial charge in [-0.25, -0.2) is 4.68 Å². The van der Waals surface area contributed by atoms with Gasteiger partial charge in [0.05, 0.1) is 12.2 Å². The molecule has 0 atom stereocenters. The summed E-state index contributed by atoms with van der Waals surface area (Å²) in [4.78, 5) is 30.4. The fourth-order valence-electron chi connectivity index (χ4n) is 3.53. The monoisotopic (exact) mass is 392 g/mol. The predicted molar refractivity (Wildman–Crippen MR) is 109 cm³/mol. The number of nitrogens with zero attached hydrogens (tertiary/aromatic N) is 5. The number of amides is 2. The van der Waals surface area contributed by atoms with Crippen molar-refractivity contribution >= 4 is 17.6 Å². The molecule has 0 aliphatic carbocycles. The molecule has 0 unspecified atom stereocenters. The Labute approximate surface area is 169 Å². The van der Waals surface area contributed by atoms with E-state index in [-0.39, 0.29) is 11.8 Å². The van der Waals surface area contributed by atoms with Crippen LogP contribution in [0.1, 0.15) is 24.8 Å². The molecule has 4 heterocycles. The predicted octanol–water partition coefficient (Wildman–Crippen LogP) is 2.12. The second-order valence-electron chi connectivity index (χ2n) is 7.15. The number of anilines is 1.